The summed E-state index contributed by atoms with van der Waals surface area (Å²) < 4.78 is 2.28. The van der Waals surface area contributed by atoms with Crippen molar-refractivity contribution in [2.75, 3.05) is 14.1 Å². The van der Waals surface area contributed by atoms with E-state index < -0.39 is 0 Å². The number of aryl methyl sites for hydroxylation is 2. The quantitative estimate of drug-likeness (QED) is 0.726. The Hall–Kier alpha value is -1.28. The van der Waals surface area contributed by atoms with Crippen LogP contribution in [0.3, 0.4) is 0 Å². The highest BCUT2D eigenvalue weighted by Crippen LogP contribution is 2.20. The summed E-state index contributed by atoms with van der Waals surface area (Å²) in [6, 6.07) is 8.88. The molecular weight excluding hydrogens is 184 g/mol. The number of rotatable bonds is 2. The average molecular weight is 202 g/mol. The van der Waals surface area contributed by atoms with Gasteiger partial charge >= 0.3 is 0 Å². The van der Waals surface area contributed by atoms with Crippen molar-refractivity contribution in [1.29, 1.82) is 0 Å². The van der Waals surface area contributed by atoms with E-state index in [2.05, 4.69) is 61.8 Å². The molecule has 2 rings (SSSR count). The summed E-state index contributed by atoms with van der Waals surface area (Å²) in [5, 5.41) is 1.33. The first kappa shape index (κ1) is 10.2. The van der Waals surface area contributed by atoms with Gasteiger partial charge in [-0.05, 0) is 44.1 Å². The Morgan fingerprint density at radius 1 is 1.20 bits per heavy atom. The van der Waals surface area contributed by atoms with Crippen LogP contribution in [0.4, 0.5) is 0 Å². The Kier molecular flexibility index (Phi) is 2.53. The maximum absolute atomic E-state index is 2.28. The summed E-state index contributed by atoms with van der Waals surface area (Å²) in [6.07, 6.45) is 0. The molecule has 0 radical (unpaired) electrons. The summed E-state index contributed by atoms with van der Waals surface area (Å²) in [4.78, 5) is 2.20. The molecule has 0 saturated heterocycles. The average Bonchev–Trinajstić information content (AvgIpc) is 2.44. The van der Waals surface area contributed by atoms with E-state index in [9.17, 15) is 0 Å². The third-order valence-electron chi connectivity index (χ3n) is 2.78. The van der Waals surface area contributed by atoms with Crippen molar-refractivity contribution in [3.8, 4) is 0 Å². The molecule has 2 heteroatoms. The van der Waals surface area contributed by atoms with Crippen molar-refractivity contribution in [2.24, 2.45) is 7.05 Å². The lowest BCUT2D eigenvalue weighted by Crippen LogP contribution is -2.13. The number of hydrogen-bond donors (Lipinski definition) is 0. The summed E-state index contributed by atoms with van der Waals surface area (Å²) >= 11 is 0. The zero-order chi connectivity index (χ0) is 11.0. The van der Waals surface area contributed by atoms with Gasteiger partial charge in [0.15, 0.2) is 0 Å². The zero-order valence-electron chi connectivity index (χ0n) is 9.91. The fourth-order valence-corrected chi connectivity index (χ4v) is 1.97. The lowest BCUT2D eigenvalue weighted by atomic mass is 10.2. The Morgan fingerprint density at radius 3 is 2.60 bits per heavy atom. The normalized spacial score (nSPS) is 11.5. The molecule has 0 bridgehead atoms. The van der Waals surface area contributed by atoms with Crippen LogP contribution in [-0.2, 0) is 13.6 Å². The van der Waals surface area contributed by atoms with Crippen LogP contribution in [0.2, 0.25) is 0 Å². The smallest absolute Gasteiger partial charge is 0.0482 e. The first-order chi connectivity index (χ1) is 7.08. The van der Waals surface area contributed by atoms with E-state index in [4.69, 9.17) is 0 Å². The zero-order valence-corrected chi connectivity index (χ0v) is 9.91. The highest BCUT2D eigenvalue weighted by atomic mass is 15.1. The third kappa shape index (κ3) is 1.90. The van der Waals surface area contributed by atoms with Gasteiger partial charge in [-0.15, -0.1) is 0 Å². The van der Waals surface area contributed by atoms with Gasteiger partial charge in [-0.2, -0.15) is 0 Å². The van der Waals surface area contributed by atoms with E-state index in [-0.39, 0.29) is 0 Å². The Morgan fingerprint density at radius 2 is 1.93 bits per heavy atom. The lowest BCUT2D eigenvalue weighted by molar-refractivity contribution is 0.392. The molecule has 0 aliphatic rings. The molecule has 0 amide bonds. The second kappa shape index (κ2) is 3.70. The lowest BCUT2D eigenvalue weighted by Gasteiger charge is -2.10. The second-order valence-corrected chi connectivity index (χ2v) is 4.49. The summed E-state index contributed by atoms with van der Waals surface area (Å²) in [5.74, 6) is 0. The molecule has 0 unspecified atom stereocenters. The molecule has 0 aliphatic heterocycles. The maximum atomic E-state index is 2.28. The number of aromatic nitrogens is 1. The van der Waals surface area contributed by atoms with Crippen LogP contribution >= 0.6 is 0 Å². The predicted octanol–water partition coefficient (Wildman–Crippen LogP) is 2.55. The molecule has 1 aromatic carbocycles. The summed E-state index contributed by atoms with van der Waals surface area (Å²) in [7, 11) is 6.34. The van der Waals surface area contributed by atoms with Crippen molar-refractivity contribution in [3.05, 3.63) is 35.5 Å². The van der Waals surface area contributed by atoms with Gasteiger partial charge in [-0.3, -0.25) is 0 Å². The Balaban J connectivity index is 2.54. The summed E-state index contributed by atoms with van der Waals surface area (Å²) in [5.41, 5.74) is 4.01. The van der Waals surface area contributed by atoms with Crippen LogP contribution < -0.4 is 0 Å². The molecule has 0 N–H and O–H groups in total. The number of fused-ring (bicyclic) bond motifs is 1. The highest BCUT2D eigenvalue weighted by molar-refractivity contribution is 5.81. The molecule has 0 fully saturated rings. The predicted molar refractivity (Wildman–Crippen MR) is 65.0 cm³/mol. The Labute approximate surface area is 91.1 Å². The fraction of sp³-hybridized carbons (Fsp3) is 0.385. The Bertz CT molecular complexity index is 480. The molecule has 15 heavy (non-hydrogen) atoms. The minimum atomic E-state index is 0.990. The summed E-state index contributed by atoms with van der Waals surface area (Å²) in [6.45, 7) is 3.13. The van der Waals surface area contributed by atoms with Crippen LogP contribution in [0.15, 0.2) is 24.3 Å². The van der Waals surface area contributed by atoms with Crippen molar-refractivity contribution in [3.63, 3.8) is 0 Å². The molecule has 0 spiro atoms. The molecule has 80 valence electrons. The van der Waals surface area contributed by atoms with Gasteiger partial charge in [0.25, 0.3) is 0 Å². The fourth-order valence-electron chi connectivity index (χ4n) is 1.97. The van der Waals surface area contributed by atoms with Crippen LogP contribution in [0, 0.1) is 6.92 Å². The largest absolute Gasteiger partial charge is 0.346 e. The minimum absolute atomic E-state index is 0.990. The van der Waals surface area contributed by atoms with E-state index in [0.29, 0.717) is 0 Å². The van der Waals surface area contributed by atoms with Crippen molar-refractivity contribution < 1.29 is 0 Å². The molecule has 1 heterocycles. The van der Waals surface area contributed by atoms with Gasteiger partial charge in [-0.25, -0.2) is 0 Å². The number of hydrogen-bond acceptors (Lipinski definition) is 1. The number of nitrogens with zero attached hydrogens (tertiary/aromatic N) is 2. The standard InChI is InChI=1S/C13H18N2/c1-10-5-6-11-8-12(9-14(2)3)15(4)13(11)7-10/h5-8H,9H2,1-4H3. The van der Waals surface area contributed by atoms with Crippen LogP contribution in [-0.4, -0.2) is 23.6 Å². The van der Waals surface area contributed by atoms with Gasteiger partial charge in [0, 0.05) is 24.8 Å². The van der Waals surface area contributed by atoms with E-state index in [1.807, 2.05) is 0 Å². The molecule has 1 aromatic heterocycles. The second-order valence-electron chi connectivity index (χ2n) is 4.49. The van der Waals surface area contributed by atoms with E-state index in [1.165, 1.54) is 22.2 Å². The highest BCUT2D eigenvalue weighted by Gasteiger charge is 2.05. The molecule has 0 saturated carbocycles. The van der Waals surface area contributed by atoms with Crippen molar-refractivity contribution in [2.45, 2.75) is 13.5 Å². The van der Waals surface area contributed by atoms with Crippen molar-refractivity contribution in [1.82, 2.24) is 9.47 Å². The molecule has 2 nitrogen and oxygen atoms in total. The van der Waals surface area contributed by atoms with E-state index >= 15 is 0 Å². The van der Waals surface area contributed by atoms with Gasteiger partial charge in [0.2, 0.25) is 0 Å². The van der Waals surface area contributed by atoms with Crippen molar-refractivity contribution >= 4 is 10.9 Å². The monoisotopic (exact) mass is 202 g/mol. The maximum Gasteiger partial charge on any atom is 0.0482 e. The first-order valence-electron chi connectivity index (χ1n) is 5.27. The van der Waals surface area contributed by atoms with Crippen LogP contribution in [0.5, 0.6) is 0 Å². The molecule has 2 aromatic rings. The van der Waals surface area contributed by atoms with Gasteiger partial charge in [0.05, 0.1) is 0 Å². The minimum Gasteiger partial charge on any atom is -0.346 e. The topological polar surface area (TPSA) is 8.17 Å². The van der Waals surface area contributed by atoms with E-state index in [0.717, 1.165) is 6.54 Å². The molecular formula is C13H18N2. The molecule has 0 aliphatic carbocycles. The third-order valence-corrected chi connectivity index (χ3v) is 2.78. The molecule has 0 atom stereocenters. The van der Waals surface area contributed by atoms with Gasteiger partial charge in [-0.1, -0.05) is 12.1 Å². The first-order valence-corrected chi connectivity index (χ1v) is 5.27. The van der Waals surface area contributed by atoms with Crippen LogP contribution in [0.1, 0.15) is 11.3 Å². The van der Waals surface area contributed by atoms with Crippen LogP contribution in [0.25, 0.3) is 10.9 Å². The van der Waals surface area contributed by atoms with Gasteiger partial charge in [0.1, 0.15) is 0 Å². The van der Waals surface area contributed by atoms with Gasteiger partial charge < -0.3 is 9.47 Å². The SMILES string of the molecule is Cc1ccc2cc(CN(C)C)n(C)c2c1. The number of benzene rings is 1. The van der Waals surface area contributed by atoms with E-state index in [1.54, 1.807) is 0 Å².